The number of rotatable bonds is 0. The molecule has 0 aromatic rings. The van der Waals surface area contributed by atoms with Crippen LogP contribution >= 0.6 is 42.6 Å². The normalized spacial score (nSPS) is 18.8. The summed E-state index contributed by atoms with van der Waals surface area (Å²) in [4.78, 5) is 0. The van der Waals surface area contributed by atoms with E-state index in [4.69, 9.17) is 0 Å². The monoisotopic (exact) mass is 224 g/mol. The van der Waals surface area contributed by atoms with Gasteiger partial charge in [0.15, 0.2) is 0 Å². The second-order valence-corrected chi connectivity index (χ2v) is 6.37. The predicted molar refractivity (Wildman–Crippen MR) is 31.6 cm³/mol. The zero-order valence-corrected chi connectivity index (χ0v) is 6.76. The Bertz CT molecular complexity index is 111. The van der Waals surface area contributed by atoms with Gasteiger partial charge in [0, 0.05) is 0 Å². The minimum absolute atomic E-state index is 3.74. The first-order valence-corrected chi connectivity index (χ1v) is 4.40. The van der Waals surface area contributed by atoms with Gasteiger partial charge in [0.05, 0.1) is 0 Å². The van der Waals surface area contributed by atoms with Crippen molar-refractivity contribution in [3.8, 4) is 0 Å². The summed E-state index contributed by atoms with van der Waals surface area (Å²) in [6, 6.07) is 0. The summed E-state index contributed by atoms with van der Waals surface area (Å²) in [5.41, 5.74) is 0. The van der Waals surface area contributed by atoms with Gasteiger partial charge in [-0.05, 0) is 0 Å². The molecule has 0 atom stereocenters. The fraction of sp³-hybridized carbons (Fsp3) is 1.00. The SMILES string of the molecule is FP(F)(F)(F)C(Cl)(Cl)Cl. The number of halogens is 7. The Hall–Kier alpha value is 1.02. The van der Waals surface area contributed by atoms with Crippen molar-refractivity contribution in [1.29, 1.82) is 0 Å². The predicted octanol–water partition coefficient (Wildman–Crippen LogP) is 4.41. The van der Waals surface area contributed by atoms with Crippen LogP contribution in [-0.2, 0) is 0 Å². The van der Waals surface area contributed by atoms with Crippen molar-refractivity contribution < 1.29 is 16.8 Å². The average molecular weight is 225 g/mol. The van der Waals surface area contributed by atoms with Crippen LogP contribution in [0.25, 0.3) is 0 Å². The number of alkyl halides is 3. The molecule has 0 unspecified atom stereocenters. The summed E-state index contributed by atoms with van der Waals surface area (Å²) in [7, 11) is -8.02. The number of hydrogen-bond acceptors (Lipinski definition) is 0. The van der Waals surface area contributed by atoms with E-state index in [2.05, 4.69) is 34.8 Å². The molecule has 0 N–H and O–H groups in total. The fourth-order valence-electron chi connectivity index (χ4n) is 0. The van der Waals surface area contributed by atoms with Crippen LogP contribution in [0, 0.1) is 0 Å². The molecule has 0 radical (unpaired) electrons. The van der Waals surface area contributed by atoms with Gasteiger partial charge in [0.2, 0.25) is 0 Å². The van der Waals surface area contributed by atoms with Crippen LogP contribution in [0.4, 0.5) is 16.8 Å². The first kappa shape index (κ1) is 10.0. The van der Waals surface area contributed by atoms with Crippen LogP contribution in [-0.4, -0.2) is 3.53 Å². The Morgan fingerprint density at radius 3 is 1.00 bits per heavy atom. The molecule has 0 aliphatic carbocycles. The first-order chi connectivity index (χ1) is 3.51. The fourth-order valence-corrected chi connectivity index (χ4v) is 0. The van der Waals surface area contributed by atoms with E-state index in [1.54, 1.807) is 0 Å². The molecule has 0 aromatic heterocycles. The van der Waals surface area contributed by atoms with E-state index < -0.39 is 11.4 Å². The molecular formula is CCl3F4P. The Kier molecular flexibility index (Phi) is 2.23. The summed E-state index contributed by atoms with van der Waals surface area (Å²) in [6.45, 7) is 0. The van der Waals surface area contributed by atoms with Crippen molar-refractivity contribution in [2.45, 2.75) is 3.53 Å². The quantitative estimate of drug-likeness (QED) is 0.325. The Morgan fingerprint density at radius 2 is 1.00 bits per heavy atom. The average Bonchev–Trinajstić information content (AvgIpc) is 1.20. The molecule has 0 nitrogen and oxygen atoms in total. The molecule has 0 spiro atoms. The van der Waals surface area contributed by atoms with Gasteiger partial charge in [-0.3, -0.25) is 0 Å². The molecule has 0 aromatic carbocycles. The van der Waals surface area contributed by atoms with Gasteiger partial charge in [-0.1, -0.05) is 0 Å². The van der Waals surface area contributed by atoms with E-state index in [1.165, 1.54) is 0 Å². The van der Waals surface area contributed by atoms with Gasteiger partial charge in [-0.15, -0.1) is 0 Å². The molecule has 0 aliphatic heterocycles. The first-order valence-electron chi connectivity index (χ1n) is 1.47. The summed E-state index contributed by atoms with van der Waals surface area (Å²) < 4.78 is 41.5. The second-order valence-electron chi connectivity index (χ2n) is 1.19. The summed E-state index contributed by atoms with van der Waals surface area (Å²) in [5.74, 6) is 0. The van der Waals surface area contributed by atoms with Gasteiger partial charge in [-0.25, -0.2) is 0 Å². The third-order valence-electron chi connectivity index (χ3n) is 0.383. The third-order valence-corrected chi connectivity index (χ3v) is 3.45. The van der Waals surface area contributed by atoms with Crippen LogP contribution in [0.3, 0.4) is 0 Å². The minimum atomic E-state index is -8.02. The molecule has 0 amide bonds. The Morgan fingerprint density at radius 1 is 0.889 bits per heavy atom. The van der Waals surface area contributed by atoms with Crippen molar-refractivity contribution in [1.82, 2.24) is 0 Å². The molecule has 0 aliphatic rings. The zero-order chi connectivity index (χ0) is 7.95. The maximum atomic E-state index is 11.3. The molecule has 0 heterocycles. The molecule has 0 bridgehead atoms. The van der Waals surface area contributed by atoms with Gasteiger partial charge < -0.3 is 0 Å². The van der Waals surface area contributed by atoms with E-state index in [9.17, 15) is 16.8 Å². The van der Waals surface area contributed by atoms with Crippen LogP contribution in [0.15, 0.2) is 0 Å². The molecule has 58 valence electrons. The summed E-state index contributed by atoms with van der Waals surface area (Å²) in [5, 5.41) is 0. The van der Waals surface area contributed by atoms with E-state index >= 15 is 0 Å². The van der Waals surface area contributed by atoms with Crippen LogP contribution in [0.5, 0.6) is 0 Å². The van der Waals surface area contributed by atoms with Crippen LogP contribution in [0.2, 0.25) is 0 Å². The molecule has 0 fully saturated rings. The van der Waals surface area contributed by atoms with Crippen molar-refractivity contribution >= 4 is 42.6 Å². The molecule has 0 saturated heterocycles. The Balaban J connectivity index is 4.56. The number of hydrogen-bond donors (Lipinski definition) is 0. The van der Waals surface area contributed by atoms with Gasteiger partial charge in [0.1, 0.15) is 0 Å². The molecule has 9 heavy (non-hydrogen) atoms. The third kappa shape index (κ3) is 2.62. The van der Waals surface area contributed by atoms with Gasteiger partial charge >= 0.3 is 63.0 Å². The van der Waals surface area contributed by atoms with Crippen molar-refractivity contribution in [3.05, 3.63) is 0 Å². The summed E-state index contributed by atoms with van der Waals surface area (Å²) in [6.07, 6.45) is 0. The molecule has 8 heteroatoms. The van der Waals surface area contributed by atoms with Crippen LogP contribution in [0.1, 0.15) is 0 Å². The van der Waals surface area contributed by atoms with Gasteiger partial charge in [0.25, 0.3) is 0 Å². The van der Waals surface area contributed by atoms with Gasteiger partial charge in [-0.2, -0.15) is 0 Å². The Labute approximate surface area is 63.5 Å². The molecule has 0 rings (SSSR count). The van der Waals surface area contributed by atoms with Crippen LogP contribution < -0.4 is 0 Å². The maximum absolute atomic E-state index is 11.3. The van der Waals surface area contributed by atoms with Crippen molar-refractivity contribution in [3.63, 3.8) is 0 Å². The molecular weight excluding hydrogens is 225 g/mol. The van der Waals surface area contributed by atoms with Crippen molar-refractivity contribution in [2.75, 3.05) is 0 Å². The topological polar surface area (TPSA) is 0 Å². The zero-order valence-electron chi connectivity index (χ0n) is 3.59. The van der Waals surface area contributed by atoms with E-state index in [0.717, 1.165) is 0 Å². The van der Waals surface area contributed by atoms with E-state index in [-0.39, 0.29) is 0 Å². The van der Waals surface area contributed by atoms with Crippen molar-refractivity contribution in [2.24, 2.45) is 0 Å². The molecule has 0 saturated carbocycles. The second kappa shape index (κ2) is 2.00. The van der Waals surface area contributed by atoms with E-state index in [0.29, 0.717) is 0 Å². The standard InChI is InChI=1S/CCl3F4P/c2-1(3,4)9(5,6,7)8. The van der Waals surface area contributed by atoms with E-state index in [1.807, 2.05) is 0 Å². The summed E-state index contributed by atoms with van der Waals surface area (Å²) >= 11 is 12.7.